The maximum absolute atomic E-state index is 13.2. The number of anilines is 1. The van der Waals surface area contributed by atoms with Crippen LogP contribution in [0.5, 0.6) is 0 Å². The summed E-state index contributed by atoms with van der Waals surface area (Å²) in [6.45, 7) is 4.36. The zero-order chi connectivity index (χ0) is 20.3. The Labute approximate surface area is 168 Å². The fourth-order valence-electron chi connectivity index (χ4n) is 4.16. The molecule has 0 radical (unpaired) electrons. The molecule has 3 aromatic rings. The second-order valence-corrected chi connectivity index (χ2v) is 7.86. The highest BCUT2D eigenvalue weighted by Gasteiger charge is 2.52. The van der Waals surface area contributed by atoms with Crippen LogP contribution in [-0.2, 0) is 6.61 Å². The van der Waals surface area contributed by atoms with Crippen molar-refractivity contribution in [2.24, 2.45) is 4.99 Å². The number of carbonyl (C=O) groups is 1. The van der Waals surface area contributed by atoms with Crippen molar-refractivity contribution in [2.45, 2.75) is 32.5 Å². The number of amidine groups is 1. The van der Waals surface area contributed by atoms with Gasteiger partial charge in [0.05, 0.1) is 17.8 Å². The minimum Gasteiger partial charge on any atom is -0.392 e. The average molecular weight is 387 g/mol. The minimum absolute atomic E-state index is 0.0760. The second kappa shape index (κ2) is 6.20. The summed E-state index contributed by atoms with van der Waals surface area (Å²) >= 11 is 0. The molecular formula is C23H21N3O3. The van der Waals surface area contributed by atoms with E-state index >= 15 is 0 Å². The molecule has 2 aliphatic rings. The van der Waals surface area contributed by atoms with Crippen LogP contribution in [0.2, 0.25) is 0 Å². The number of nitrogens with zero attached hydrogens (tertiary/aromatic N) is 3. The zero-order valence-electron chi connectivity index (χ0n) is 16.3. The number of aliphatic hydroxyl groups excluding tert-OH is 1. The maximum Gasteiger partial charge on any atom is 0.204 e. The lowest BCUT2D eigenvalue weighted by atomic mass is 9.86. The number of ketones is 1. The van der Waals surface area contributed by atoms with E-state index in [1.807, 2.05) is 55.1 Å². The number of aliphatic imine (C=N–C) groups is 1. The van der Waals surface area contributed by atoms with Gasteiger partial charge in [-0.15, -0.1) is 0 Å². The number of Topliss-reactive ketones (excluding diaryl/α,β-unsaturated/α-hetero) is 1. The standard InChI is InChI=1S/C23H21N3O3/c1-13-7-18-20(8-14(13)2)25-22-23(29,21(18)28)5-6-26(22)17-3-4-19-16(10-17)9-15(12-27)11-24-19/h3-4,7-11,27,29H,5-6,12H2,1-2H3. The predicted molar refractivity (Wildman–Crippen MR) is 112 cm³/mol. The molecule has 1 unspecified atom stereocenters. The van der Waals surface area contributed by atoms with E-state index in [-0.39, 0.29) is 12.4 Å². The van der Waals surface area contributed by atoms with Crippen molar-refractivity contribution >= 4 is 33.9 Å². The van der Waals surface area contributed by atoms with Crippen LogP contribution in [0.4, 0.5) is 11.4 Å². The Morgan fingerprint density at radius 1 is 1.14 bits per heavy atom. The summed E-state index contributed by atoms with van der Waals surface area (Å²) in [5.41, 5.74) is 3.95. The van der Waals surface area contributed by atoms with Crippen molar-refractivity contribution in [1.82, 2.24) is 4.98 Å². The van der Waals surface area contributed by atoms with Crippen LogP contribution in [0.1, 0.15) is 33.5 Å². The number of aliphatic hydroxyl groups is 2. The van der Waals surface area contributed by atoms with Crippen LogP contribution in [0, 0.1) is 13.8 Å². The van der Waals surface area contributed by atoms with E-state index in [0.29, 0.717) is 30.1 Å². The van der Waals surface area contributed by atoms with Crippen LogP contribution in [-0.4, -0.2) is 39.0 Å². The van der Waals surface area contributed by atoms with Gasteiger partial charge in [-0.1, -0.05) is 0 Å². The molecule has 2 aliphatic heterocycles. The van der Waals surface area contributed by atoms with Gasteiger partial charge in [0.15, 0.2) is 5.60 Å². The number of benzene rings is 2. The molecular weight excluding hydrogens is 366 g/mol. The molecule has 1 fully saturated rings. The monoisotopic (exact) mass is 387 g/mol. The summed E-state index contributed by atoms with van der Waals surface area (Å²) in [5, 5.41) is 21.5. The molecule has 5 rings (SSSR count). The minimum atomic E-state index is -1.60. The number of aromatic nitrogens is 1. The second-order valence-electron chi connectivity index (χ2n) is 7.86. The highest BCUT2D eigenvalue weighted by atomic mass is 16.3. The summed E-state index contributed by atoms with van der Waals surface area (Å²) in [4.78, 5) is 24.1. The lowest BCUT2D eigenvalue weighted by Gasteiger charge is -2.30. The summed E-state index contributed by atoms with van der Waals surface area (Å²) in [7, 11) is 0. The van der Waals surface area contributed by atoms with Gasteiger partial charge in [0.1, 0.15) is 5.84 Å². The Bertz CT molecular complexity index is 1220. The Morgan fingerprint density at radius 2 is 1.93 bits per heavy atom. The quantitative estimate of drug-likeness (QED) is 0.705. The van der Waals surface area contributed by atoms with Gasteiger partial charge < -0.3 is 15.1 Å². The largest absolute Gasteiger partial charge is 0.392 e. The Morgan fingerprint density at radius 3 is 2.72 bits per heavy atom. The van der Waals surface area contributed by atoms with E-state index in [1.165, 1.54) is 0 Å². The van der Waals surface area contributed by atoms with Gasteiger partial charge >= 0.3 is 0 Å². The molecule has 3 heterocycles. The van der Waals surface area contributed by atoms with Gasteiger partial charge in [0, 0.05) is 35.8 Å². The first-order valence-corrected chi connectivity index (χ1v) is 9.65. The van der Waals surface area contributed by atoms with Gasteiger partial charge in [0.2, 0.25) is 5.78 Å². The third-order valence-electron chi connectivity index (χ3n) is 6.00. The number of pyridine rings is 1. The molecule has 146 valence electrons. The molecule has 2 aromatic carbocycles. The van der Waals surface area contributed by atoms with E-state index in [0.717, 1.165) is 33.3 Å². The Hall–Kier alpha value is -3.09. The van der Waals surface area contributed by atoms with Crippen molar-refractivity contribution in [3.05, 3.63) is 64.8 Å². The average Bonchev–Trinajstić information content (AvgIpc) is 3.07. The van der Waals surface area contributed by atoms with Gasteiger partial charge in [0.25, 0.3) is 0 Å². The van der Waals surface area contributed by atoms with Crippen LogP contribution in [0.3, 0.4) is 0 Å². The first-order chi connectivity index (χ1) is 13.9. The zero-order valence-corrected chi connectivity index (χ0v) is 16.3. The van der Waals surface area contributed by atoms with Crippen molar-refractivity contribution in [2.75, 3.05) is 11.4 Å². The number of carbonyl (C=O) groups excluding carboxylic acids is 1. The van der Waals surface area contributed by atoms with E-state index < -0.39 is 5.60 Å². The van der Waals surface area contributed by atoms with Gasteiger partial charge in [-0.05, 0) is 66.9 Å². The first-order valence-electron chi connectivity index (χ1n) is 9.65. The van der Waals surface area contributed by atoms with Gasteiger partial charge in [-0.2, -0.15) is 0 Å². The highest BCUT2D eigenvalue weighted by molar-refractivity contribution is 6.28. The number of hydrogen-bond donors (Lipinski definition) is 2. The molecule has 29 heavy (non-hydrogen) atoms. The molecule has 6 heteroatoms. The van der Waals surface area contributed by atoms with Gasteiger partial charge in [-0.3, -0.25) is 9.78 Å². The fraction of sp³-hybridized carbons (Fsp3) is 0.261. The molecule has 0 aliphatic carbocycles. The van der Waals surface area contributed by atoms with E-state index in [1.54, 1.807) is 6.20 Å². The highest BCUT2D eigenvalue weighted by Crippen LogP contribution is 2.40. The lowest BCUT2D eigenvalue weighted by Crippen LogP contribution is -2.48. The van der Waals surface area contributed by atoms with Crippen LogP contribution >= 0.6 is 0 Å². The van der Waals surface area contributed by atoms with Crippen molar-refractivity contribution < 1.29 is 15.0 Å². The van der Waals surface area contributed by atoms with Crippen molar-refractivity contribution in [3.8, 4) is 0 Å². The smallest absolute Gasteiger partial charge is 0.204 e. The molecule has 1 saturated heterocycles. The normalized spacial score (nSPS) is 20.6. The van der Waals surface area contributed by atoms with Crippen molar-refractivity contribution in [1.29, 1.82) is 0 Å². The Balaban J connectivity index is 1.64. The summed E-state index contributed by atoms with van der Waals surface area (Å²) in [5.74, 6) is 0.0944. The predicted octanol–water partition coefficient (Wildman–Crippen LogP) is 3.21. The lowest BCUT2D eigenvalue weighted by molar-refractivity contribution is 0.0602. The number of hydrogen-bond acceptors (Lipinski definition) is 6. The topological polar surface area (TPSA) is 86.0 Å². The van der Waals surface area contributed by atoms with Crippen LogP contribution in [0.15, 0.2) is 47.6 Å². The molecule has 1 atom stereocenters. The summed E-state index contributed by atoms with van der Waals surface area (Å²) in [6.07, 6.45) is 1.95. The van der Waals surface area contributed by atoms with Gasteiger partial charge in [-0.25, -0.2) is 4.99 Å². The van der Waals surface area contributed by atoms with Crippen LogP contribution < -0.4 is 4.90 Å². The number of rotatable bonds is 2. The molecule has 0 saturated carbocycles. The first kappa shape index (κ1) is 18.0. The third-order valence-corrected chi connectivity index (χ3v) is 6.00. The fourth-order valence-corrected chi connectivity index (χ4v) is 4.16. The molecule has 1 aromatic heterocycles. The molecule has 0 bridgehead atoms. The maximum atomic E-state index is 13.2. The molecule has 0 spiro atoms. The summed E-state index contributed by atoms with van der Waals surface area (Å²) < 4.78 is 0. The van der Waals surface area contributed by atoms with E-state index in [4.69, 9.17) is 4.99 Å². The van der Waals surface area contributed by atoms with Crippen molar-refractivity contribution in [3.63, 3.8) is 0 Å². The summed E-state index contributed by atoms with van der Waals surface area (Å²) in [6, 6.07) is 11.4. The molecule has 6 nitrogen and oxygen atoms in total. The molecule has 0 amide bonds. The Kier molecular flexibility index (Phi) is 3.84. The SMILES string of the molecule is Cc1cc2c(cc1C)C(=O)C1(O)CCN(c3ccc4ncc(CO)cc4c3)C1=N2. The number of aryl methyl sites for hydroxylation is 2. The number of fused-ring (bicyclic) bond motifs is 3. The van der Waals surface area contributed by atoms with Crippen LogP contribution in [0.25, 0.3) is 10.9 Å². The third kappa shape index (κ3) is 2.60. The molecule has 2 N–H and O–H groups in total. The van der Waals surface area contributed by atoms with E-state index in [9.17, 15) is 15.0 Å². The van der Waals surface area contributed by atoms with E-state index in [2.05, 4.69) is 4.98 Å².